The van der Waals surface area contributed by atoms with Gasteiger partial charge in [0, 0.05) is 6.54 Å². The third-order valence-electron chi connectivity index (χ3n) is 4.64. The summed E-state index contributed by atoms with van der Waals surface area (Å²) in [7, 11) is 0. The van der Waals surface area contributed by atoms with Gasteiger partial charge >= 0.3 is 6.09 Å². The molecule has 3 atom stereocenters. The number of hydrogen-bond acceptors (Lipinski definition) is 3. The Morgan fingerprint density at radius 3 is 2.50 bits per heavy atom. The van der Waals surface area contributed by atoms with Gasteiger partial charge in [0.2, 0.25) is 5.91 Å². The summed E-state index contributed by atoms with van der Waals surface area (Å²) >= 11 is 0. The van der Waals surface area contributed by atoms with Crippen molar-refractivity contribution in [3.05, 3.63) is 61.2 Å². The van der Waals surface area contributed by atoms with E-state index < -0.39 is 6.09 Å². The number of nitrogens with zero attached hydrogens (tertiary/aromatic N) is 1. The smallest absolute Gasteiger partial charge is 0.407 e. The van der Waals surface area contributed by atoms with Crippen molar-refractivity contribution in [2.45, 2.75) is 39.5 Å². The van der Waals surface area contributed by atoms with Crippen molar-refractivity contribution in [3.63, 3.8) is 0 Å². The second-order valence-electron chi connectivity index (χ2n) is 7.58. The molecule has 0 unspecified atom stereocenters. The van der Waals surface area contributed by atoms with E-state index in [1.807, 2.05) is 51.1 Å². The van der Waals surface area contributed by atoms with Crippen molar-refractivity contribution in [2.24, 2.45) is 11.3 Å². The fourth-order valence-electron chi connectivity index (χ4n) is 3.30. The molecule has 1 aromatic rings. The van der Waals surface area contributed by atoms with Gasteiger partial charge in [0.25, 0.3) is 0 Å². The number of β-lactam (4-membered cyclic amide) rings is 1. The highest BCUT2D eigenvalue weighted by Gasteiger charge is 2.52. The fraction of sp³-hybridized carbons (Fsp3) is 0.429. The Morgan fingerprint density at radius 2 is 1.96 bits per heavy atom. The topological polar surface area (TPSA) is 58.6 Å². The zero-order valence-electron chi connectivity index (χ0n) is 15.8. The van der Waals surface area contributed by atoms with Crippen LogP contribution in [0.2, 0.25) is 0 Å². The lowest BCUT2D eigenvalue weighted by Crippen LogP contribution is -2.68. The van der Waals surface area contributed by atoms with Crippen LogP contribution < -0.4 is 5.32 Å². The van der Waals surface area contributed by atoms with Crippen molar-refractivity contribution in [1.29, 1.82) is 0 Å². The van der Waals surface area contributed by atoms with Gasteiger partial charge in [-0.3, -0.25) is 4.79 Å². The first-order valence-corrected chi connectivity index (χ1v) is 8.80. The number of alkyl carbamates (subject to hydrolysis) is 1. The largest absolute Gasteiger partial charge is 0.445 e. The van der Waals surface area contributed by atoms with E-state index in [9.17, 15) is 9.59 Å². The molecule has 2 rings (SSSR count). The number of rotatable bonds is 7. The lowest BCUT2D eigenvalue weighted by atomic mass is 9.71. The van der Waals surface area contributed by atoms with E-state index in [0.29, 0.717) is 6.54 Å². The Labute approximate surface area is 155 Å². The third-order valence-corrected chi connectivity index (χ3v) is 4.64. The zero-order valence-corrected chi connectivity index (χ0v) is 15.8. The Balaban J connectivity index is 2.06. The number of likely N-dealkylation sites (tertiary alicyclic amines) is 1. The van der Waals surface area contributed by atoms with Gasteiger partial charge in [-0.15, -0.1) is 13.2 Å². The number of benzene rings is 1. The average molecular weight is 356 g/mol. The summed E-state index contributed by atoms with van der Waals surface area (Å²) in [5, 5.41) is 2.90. The number of carbonyl (C=O) groups is 2. The van der Waals surface area contributed by atoms with Crippen molar-refractivity contribution >= 4 is 12.0 Å². The minimum absolute atomic E-state index is 0.00177. The molecule has 5 nitrogen and oxygen atoms in total. The first-order chi connectivity index (χ1) is 12.3. The van der Waals surface area contributed by atoms with E-state index in [1.54, 1.807) is 17.1 Å². The van der Waals surface area contributed by atoms with E-state index in [-0.39, 0.29) is 35.9 Å². The predicted molar refractivity (Wildman–Crippen MR) is 102 cm³/mol. The van der Waals surface area contributed by atoms with E-state index in [2.05, 4.69) is 18.5 Å². The Morgan fingerprint density at radius 1 is 1.31 bits per heavy atom. The fourth-order valence-corrected chi connectivity index (χ4v) is 3.30. The number of amides is 2. The summed E-state index contributed by atoms with van der Waals surface area (Å²) in [6.45, 7) is 14.2. The highest BCUT2D eigenvalue weighted by Crippen LogP contribution is 2.37. The van der Waals surface area contributed by atoms with Crippen LogP contribution in [-0.4, -0.2) is 35.5 Å². The van der Waals surface area contributed by atoms with Crippen LogP contribution in [-0.2, 0) is 16.1 Å². The van der Waals surface area contributed by atoms with Gasteiger partial charge in [-0.05, 0) is 11.0 Å². The van der Waals surface area contributed by atoms with Crippen molar-refractivity contribution in [1.82, 2.24) is 10.2 Å². The summed E-state index contributed by atoms with van der Waals surface area (Å²) in [6.07, 6.45) is 2.93. The van der Waals surface area contributed by atoms with Crippen molar-refractivity contribution in [3.8, 4) is 0 Å². The summed E-state index contributed by atoms with van der Waals surface area (Å²) in [6, 6.07) is 9.00. The van der Waals surface area contributed by atoms with Gasteiger partial charge in [-0.1, -0.05) is 63.3 Å². The third kappa shape index (κ3) is 4.34. The van der Waals surface area contributed by atoms with Crippen LogP contribution in [0, 0.1) is 11.3 Å². The minimum atomic E-state index is -0.522. The van der Waals surface area contributed by atoms with Crippen LogP contribution in [0.15, 0.2) is 55.6 Å². The molecule has 0 aromatic heterocycles. The molecule has 2 amide bonds. The molecule has 1 N–H and O–H groups in total. The van der Waals surface area contributed by atoms with Gasteiger partial charge in [-0.25, -0.2) is 4.79 Å². The molecule has 1 aliphatic rings. The summed E-state index contributed by atoms with van der Waals surface area (Å²) < 4.78 is 5.33. The molecule has 1 heterocycles. The van der Waals surface area contributed by atoms with Crippen LogP contribution in [0.1, 0.15) is 26.3 Å². The molecule has 5 heteroatoms. The molecular weight excluding hydrogens is 328 g/mol. The van der Waals surface area contributed by atoms with Gasteiger partial charge < -0.3 is 15.0 Å². The van der Waals surface area contributed by atoms with Crippen LogP contribution in [0.3, 0.4) is 0 Å². The molecule has 0 saturated carbocycles. The molecule has 1 saturated heterocycles. The molecule has 0 radical (unpaired) electrons. The van der Waals surface area contributed by atoms with Crippen LogP contribution >= 0.6 is 0 Å². The average Bonchev–Trinajstić information content (AvgIpc) is 2.61. The van der Waals surface area contributed by atoms with Crippen LogP contribution in [0.5, 0.6) is 0 Å². The Kier molecular flexibility index (Phi) is 6.24. The van der Waals surface area contributed by atoms with Crippen molar-refractivity contribution in [2.75, 3.05) is 6.54 Å². The molecule has 140 valence electrons. The summed E-state index contributed by atoms with van der Waals surface area (Å²) in [5.74, 6) is -0.352. The second kappa shape index (κ2) is 8.21. The minimum Gasteiger partial charge on any atom is -0.445 e. The van der Waals surface area contributed by atoms with E-state index >= 15 is 0 Å². The first-order valence-electron chi connectivity index (χ1n) is 8.80. The Bertz CT molecular complexity index is 664. The lowest BCUT2D eigenvalue weighted by Gasteiger charge is -2.51. The molecule has 0 aliphatic carbocycles. The molecule has 1 fully saturated rings. The maximum absolute atomic E-state index is 12.6. The lowest BCUT2D eigenvalue weighted by molar-refractivity contribution is -0.156. The van der Waals surface area contributed by atoms with Crippen molar-refractivity contribution < 1.29 is 14.3 Å². The monoisotopic (exact) mass is 356 g/mol. The van der Waals surface area contributed by atoms with Crippen LogP contribution in [0.4, 0.5) is 4.79 Å². The maximum Gasteiger partial charge on any atom is 0.407 e. The maximum atomic E-state index is 12.6. The van der Waals surface area contributed by atoms with Gasteiger partial charge in [0.05, 0.1) is 18.0 Å². The van der Waals surface area contributed by atoms with Gasteiger partial charge in [0.15, 0.2) is 0 Å². The first kappa shape index (κ1) is 19.8. The number of carbonyl (C=O) groups excluding carboxylic acids is 2. The summed E-state index contributed by atoms with van der Waals surface area (Å²) in [4.78, 5) is 26.6. The predicted octanol–water partition coefficient (Wildman–Crippen LogP) is 3.53. The molecule has 26 heavy (non-hydrogen) atoms. The highest BCUT2D eigenvalue weighted by molar-refractivity contribution is 5.88. The van der Waals surface area contributed by atoms with E-state index in [0.717, 1.165) is 5.56 Å². The number of nitrogens with one attached hydrogen (secondary N) is 1. The SMILES string of the molecule is C=CCN1C(=O)[C@@H]([C@@H](NC(=O)OCc2ccccc2)C(C)(C)C)[C@@H]1C=C. The quantitative estimate of drug-likeness (QED) is 0.601. The van der Waals surface area contributed by atoms with E-state index in [1.165, 1.54) is 0 Å². The molecule has 0 spiro atoms. The van der Waals surface area contributed by atoms with E-state index in [4.69, 9.17) is 4.74 Å². The second-order valence-corrected chi connectivity index (χ2v) is 7.58. The van der Waals surface area contributed by atoms with Gasteiger partial charge in [-0.2, -0.15) is 0 Å². The Hall–Kier alpha value is -2.56. The van der Waals surface area contributed by atoms with Gasteiger partial charge in [0.1, 0.15) is 6.61 Å². The molecule has 0 bridgehead atoms. The van der Waals surface area contributed by atoms with Crippen LogP contribution in [0.25, 0.3) is 0 Å². The molecule has 1 aliphatic heterocycles. The molecule has 1 aromatic carbocycles. The normalized spacial score (nSPS) is 20.7. The summed E-state index contributed by atoms with van der Waals surface area (Å²) in [5.41, 5.74) is 0.601. The zero-order chi connectivity index (χ0) is 19.3. The number of hydrogen-bond donors (Lipinski definition) is 1. The highest BCUT2D eigenvalue weighted by atomic mass is 16.5. The standard InChI is InChI=1S/C21H28N2O3/c1-6-13-23-16(7-2)17(19(23)24)18(21(3,4)5)22-20(25)26-14-15-11-9-8-10-12-15/h6-12,16-18H,1-2,13-14H2,3-5H3,(H,22,25)/t16-,17+,18+/m0/s1. The number of ether oxygens (including phenoxy) is 1. The molecular formula is C21H28N2O3.